The smallest absolute Gasteiger partial charge is 0.252 e. The van der Waals surface area contributed by atoms with Crippen LogP contribution < -0.4 is 5.32 Å². The van der Waals surface area contributed by atoms with Crippen LogP contribution in [-0.4, -0.2) is 5.91 Å². The summed E-state index contributed by atoms with van der Waals surface area (Å²) < 4.78 is 0. The highest BCUT2D eigenvalue weighted by molar-refractivity contribution is 6.01. The van der Waals surface area contributed by atoms with Crippen molar-refractivity contribution in [2.75, 3.05) is 0 Å². The molecule has 118 valence electrons. The lowest BCUT2D eigenvalue weighted by Gasteiger charge is -2.32. The number of fused-ring (bicyclic) bond motifs is 1. The number of nitrogens with one attached hydrogen (secondary N) is 1. The minimum absolute atomic E-state index is 0.0207. The van der Waals surface area contributed by atoms with Gasteiger partial charge in [-0.05, 0) is 36.6 Å². The third kappa shape index (κ3) is 2.07. The summed E-state index contributed by atoms with van der Waals surface area (Å²) >= 11 is 0. The van der Waals surface area contributed by atoms with E-state index in [0.29, 0.717) is 0 Å². The summed E-state index contributed by atoms with van der Waals surface area (Å²) in [5, 5.41) is 3.27. The predicted octanol–water partition coefficient (Wildman–Crippen LogP) is 4.34. The summed E-state index contributed by atoms with van der Waals surface area (Å²) in [6.45, 7) is 4.15. The van der Waals surface area contributed by atoms with E-state index in [-0.39, 0.29) is 5.91 Å². The minimum Gasteiger partial charge on any atom is -0.334 e. The molecule has 1 aliphatic rings. The Balaban J connectivity index is 2.05. The standard InChI is InChI=1S/C22H19NO/c1-15-10-12-17(13-11-15)22(18-7-5-6-16(2)14-18)20-9-4-3-8-19(20)21(24)23-22/h3-14H,1-2H3,(H,23,24)/t22-/m0/s1. The van der Waals surface area contributed by atoms with Crippen LogP contribution in [-0.2, 0) is 5.54 Å². The van der Waals surface area contributed by atoms with Crippen LogP contribution in [0.2, 0.25) is 0 Å². The van der Waals surface area contributed by atoms with E-state index < -0.39 is 5.54 Å². The van der Waals surface area contributed by atoms with E-state index >= 15 is 0 Å². The Kier molecular flexibility index (Phi) is 3.27. The van der Waals surface area contributed by atoms with Gasteiger partial charge < -0.3 is 5.32 Å². The summed E-state index contributed by atoms with van der Waals surface area (Å²) in [6.07, 6.45) is 0. The van der Waals surface area contributed by atoms with Crippen molar-refractivity contribution in [2.24, 2.45) is 0 Å². The Bertz CT molecular complexity index is 927. The number of hydrogen-bond donors (Lipinski definition) is 1. The minimum atomic E-state index is -0.632. The second-order valence-corrected chi connectivity index (χ2v) is 6.49. The Morgan fingerprint density at radius 3 is 2.25 bits per heavy atom. The lowest BCUT2D eigenvalue weighted by molar-refractivity contribution is 0.0948. The lowest BCUT2D eigenvalue weighted by atomic mass is 9.77. The van der Waals surface area contributed by atoms with E-state index in [9.17, 15) is 4.79 Å². The number of amides is 1. The van der Waals surface area contributed by atoms with Crippen molar-refractivity contribution < 1.29 is 4.79 Å². The van der Waals surface area contributed by atoms with E-state index in [2.05, 4.69) is 67.7 Å². The second-order valence-electron chi connectivity index (χ2n) is 6.49. The maximum absolute atomic E-state index is 12.7. The van der Waals surface area contributed by atoms with Gasteiger partial charge in [0.15, 0.2) is 0 Å². The van der Waals surface area contributed by atoms with Crippen LogP contribution in [0.15, 0.2) is 72.8 Å². The third-order valence-corrected chi connectivity index (χ3v) is 4.81. The fourth-order valence-corrected chi connectivity index (χ4v) is 3.62. The van der Waals surface area contributed by atoms with Gasteiger partial charge in [0.05, 0.1) is 0 Å². The first kappa shape index (κ1) is 14.7. The van der Waals surface area contributed by atoms with E-state index in [0.717, 1.165) is 22.3 Å². The molecule has 3 aromatic rings. The summed E-state index contributed by atoms with van der Waals surface area (Å²) in [7, 11) is 0. The zero-order chi connectivity index (χ0) is 16.7. The largest absolute Gasteiger partial charge is 0.334 e. The fraction of sp³-hybridized carbons (Fsp3) is 0.136. The molecular weight excluding hydrogens is 294 g/mol. The molecule has 1 heterocycles. The highest BCUT2D eigenvalue weighted by Gasteiger charge is 2.45. The van der Waals surface area contributed by atoms with Crippen molar-refractivity contribution >= 4 is 5.91 Å². The van der Waals surface area contributed by atoms with Gasteiger partial charge in [-0.2, -0.15) is 0 Å². The van der Waals surface area contributed by atoms with Gasteiger partial charge in [0.1, 0.15) is 5.54 Å². The normalized spacial score (nSPS) is 19.0. The molecule has 2 nitrogen and oxygen atoms in total. The molecule has 0 saturated carbocycles. The van der Waals surface area contributed by atoms with Crippen molar-refractivity contribution in [3.8, 4) is 0 Å². The van der Waals surface area contributed by atoms with Crippen molar-refractivity contribution in [2.45, 2.75) is 19.4 Å². The van der Waals surface area contributed by atoms with Crippen LogP contribution in [0.4, 0.5) is 0 Å². The van der Waals surface area contributed by atoms with Gasteiger partial charge in [-0.25, -0.2) is 0 Å². The Morgan fingerprint density at radius 1 is 0.750 bits per heavy atom. The van der Waals surface area contributed by atoms with Gasteiger partial charge >= 0.3 is 0 Å². The molecule has 0 saturated heterocycles. The second kappa shape index (κ2) is 5.34. The zero-order valence-corrected chi connectivity index (χ0v) is 13.8. The Hall–Kier alpha value is -2.87. The molecule has 0 radical (unpaired) electrons. The summed E-state index contributed by atoms with van der Waals surface area (Å²) in [5.74, 6) is -0.0207. The topological polar surface area (TPSA) is 29.1 Å². The molecule has 1 atom stereocenters. The van der Waals surface area contributed by atoms with E-state index in [1.807, 2.05) is 24.3 Å². The average molecular weight is 313 g/mol. The van der Waals surface area contributed by atoms with Gasteiger partial charge in [0.2, 0.25) is 0 Å². The monoisotopic (exact) mass is 313 g/mol. The van der Waals surface area contributed by atoms with Gasteiger partial charge in [-0.1, -0.05) is 77.9 Å². The van der Waals surface area contributed by atoms with E-state index in [4.69, 9.17) is 0 Å². The number of rotatable bonds is 2. The van der Waals surface area contributed by atoms with Crippen LogP contribution >= 0.6 is 0 Å². The molecule has 1 amide bonds. The van der Waals surface area contributed by atoms with Crippen LogP contribution in [0.1, 0.15) is 38.2 Å². The maximum atomic E-state index is 12.7. The zero-order valence-electron chi connectivity index (χ0n) is 13.8. The van der Waals surface area contributed by atoms with Crippen LogP contribution in [0.5, 0.6) is 0 Å². The first-order chi connectivity index (χ1) is 11.6. The summed E-state index contributed by atoms with van der Waals surface area (Å²) in [5.41, 5.74) is 5.69. The molecule has 0 aromatic heterocycles. The fourth-order valence-electron chi connectivity index (χ4n) is 3.62. The first-order valence-corrected chi connectivity index (χ1v) is 8.17. The van der Waals surface area contributed by atoms with Crippen LogP contribution in [0, 0.1) is 13.8 Å². The van der Waals surface area contributed by atoms with Gasteiger partial charge in [-0.15, -0.1) is 0 Å². The molecule has 0 fully saturated rings. The predicted molar refractivity (Wildman–Crippen MR) is 96.1 cm³/mol. The van der Waals surface area contributed by atoms with Gasteiger partial charge in [0, 0.05) is 5.56 Å². The number of aryl methyl sites for hydroxylation is 2. The molecule has 0 unspecified atom stereocenters. The number of hydrogen-bond acceptors (Lipinski definition) is 1. The average Bonchev–Trinajstić information content (AvgIpc) is 2.90. The van der Waals surface area contributed by atoms with E-state index in [1.54, 1.807) is 0 Å². The quantitative estimate of drug-likeness (QED) is 0.749. The third-order valence-electron chi connectivity index (χ3n) is 4.81. The number of carbonyl (C=O) groups is 1. The van der Waals surface area contributed by atoms with Gasteiger partial charge in [-0.3, -0.25) is 4.79 Å². The van der Waals surface area contributed by atoms with E-state index in [1.165, 1.54) is 11.1 Å². The number of carbonyl (C=O) groups excluding carboxylic acids is 1. The molecule has 0 aliphatic carbocycles. The van der Waals surface area contributed by atoms with Crippen molar-refractivity contribution in [1.29, 1.82) is 0 Å². The molecule has 3 aromatic carbocycles. The molecule has 1 aliphatic heterocycles. The molecule has 0 bridgehead atoms. The SMILES string of the molecule is Cc1ccc([C@@]2(c3cccc(C)c3)NC(=O)c3ccccc32)cc1. The molecule has 1 N–H and O–H groups in total. The Labute approximate surface area is 142 Å². The molecule has 0 spiro atoms. The first-order valence-electron chi connectivity index (χ1n) is 8.17. The van der Waals surface area contributed by atoms with Crippen molar-refractivity contribution in [3.05, 3.63) is 106 Å². The molecule has 4 rings (SSSR count). The highest BCUT2D eigenvalue weighted by Crippen LogP contribution is 2.42. The van der Waals surface area contributed by atoms with Crippen molar-refractivity contribution in [1.82, 2.24) is 5.32 Å². The molecular formula is C22H19NO. The molecule has 24 heavy (non-hydrogen) atoms. The highest BCUT2D eigenvalue weighted by atomic mass is 16.2. The maximum Gasteiger partial charge on any atom is 0.252 e. The molecule has 2 heteroatoms. The van der Waals surface area contributed by atoms with Crippen LogP contribution in [0.3, 0.4) is 0 Å². The lowest BCUT2D eigenvalue weighted by Crippen LogP contribution is -2.41. The summed E-state index contributed by atoms with van der Waals surface area (Å²) in [4.78, 5) is 12.7. The Morgan fingerprint density at radius 2 is 1.50 bits per heavy atom. The number of benzene rings is 3. The van der Waals surface area contributed by atoms with Gasteiger partial charge in [0.25, 0.3) is 5.91 Å². The van der Waals surface area contributed by atoms with Crippen LogP contribution in [0.25, 0.3) is 0 Å². The summed E-state index contributed by atoms with van der Waals surface area (Å²) in [6, 6.07) is 24.7. The van der Waals surface area contributed by atoms with Crippen molar-refractivity contribution in [3.63, 3.8) is 0 Å².